The molecule has 0 saturated carbocycles. The Morgan fingerprint density at radius 1 is 1.44 bits per heavy atom. The lowest BCUT2D eigenvalue weighted by molar-refractivity contribution is 0.322. The summed E-state index contributed by atoms with van der Waals surface area (Å²) in [6.07, 6.45) is 2.47. The molecule has 0 spiro atoms. The first kappa shape index (κ1) is 7.38. The van der Waals surface area contributed by atoms with Crippen molar-refractivity contribution in [3.8, 4) is 0 Å². The highest BCUT2D eigenvalue weighted by molar-refractivity contribution is 7.77. The first-order valence-corrected chi connectivity index (χ1v) is 3.84. The smallest absolute Gasteiger partial charge is 0.0102 e. The van der Waals surface area contributed by atoms with Crippen molar-refractivity contribution in [3.05, 3.63) is 0 Å². The maximum atomic E-state index is 4.25. The van der Waals surface area contributed by atoms with E-state index in [2.05, 4.69) is 22.4 Å². The normalized spacial score (nSPS) is 24.7. The second-order valence-electron chi connectivity index (χ2n) is 2.52. The topological polar surface area (TPSA) is 15.3 Å². The van der Waals surface area contributed by atoms with Gasteiger partial charge in [-0.25, -0.2) is 0 Å². The van der Waals surface area contributed by atoms with Crippen molar-refractivity contribution < 1.29 is 0 Å². The minimum atomic E-state index is 0.730. The quantitative estimate of drug-likeness (QED) is 0.524. The van der Waals surface area contributed by atoms with E-state index in [0.29, 0.717) is 0 Å². The molecule has 0 aliphatic carbocycles. The molecule has 0 bridgehead atoms. The summed E-state index contributed by atoms with van der Waals surface area (Å²) in [6.45, 7) is 2.24. The fourth-order valence-electron chi connectivity index (χ4n) is 1.15. The highest BCUT2D eigenvalue weighted by atomic mass is 32.1. The van der Waals surface area contributed by atoms with E-state index in [-0.39, 0.29) is 0 Å². The summed E-state index contributed by atoms with van der Waals surface area (Å²) in [4.78, 5) is 0. The number of hydrogen-bond acceptors (Lipinski definition) is 3. The van der Waals surface area contributed by atoms with Gasteiger partial charge in [-0.15, -0.1) is 0 Å². The van der Waals surface area contributed by atoms with Crippen LogP contribution in [0, 0.1) is 0 Å². The Morgan fingerprint density at radius 2 is 2.00 bits per heavy atom. The number of piperidine rings is 1. The van der Waals surface area contributed by atoms with E-state index in [0.717, 1.165) is 19.1 Å². The summed E-state index contributed by atoms with van der Waals surface area (Å²) in [7, 11) is 2.03. The number of nitrogens with zero attached hydrogens (tertiary/aromatic N) is 1. The first-order chi connectivity index (χ1) is 4.33. The molecule has 0 aromatic carbocycles. The number of hydrogen-bond donors (Lipinski definition) is 2. The summed E-state index contributed by atoms with van der Waals surface area (Å²) in [6, 6.07) is 0.730. The lowest BCUT2D eigenvalue weighted by Crippen LogP contribution is -2.37. The Hall–Kier alpha value is 0.270. The van der Waals surface area contributed by atoms with Gasteiger partial charge in [0.2, 0.25) is 0 Å². The summed E-state index contributed by atoms with van der Waals surface area (Å²) in [5.41, 5.74) is 0. The Bertz CT molecular complexity index is 79.1. The molecule has 1 heterocycles. The Balaban J connectivity index is 2.18. The highest BCUT2D eigenvalue weighted by Crippen LogP contribution is 2.10. The van der Waals surface area contributed by atoms with Gasteiger partial charge in [-0.3, -0.25) is 4.31 Å². The molecule has 1 rings (SSSR count). The van der Waals surface area contributed by atoms with Crippen LogP contribution in [0.5, 0.6) is 0 Å². The highest BCUT2D eigenvalue weighted by Gasteiger charge is 2.14. The molecule has 2 nitrogen and oxygen atoms in total. The van der Waals surface area contributed by atoms with Crippen molar-refractivity contribution in [3.63, 3.8) is 0 Å². The van der Waals surface area contributed by atoms with Crippen LogP contribution in [0.2, 0.25) is 0 Å². The van der Waals surface area contributed by atoms with Crippen LogP contribution in [0.4, 0.5) is 0 Å². The van der Waals surface area contributed by atoms with Crippen LogP contribution in [0.25, 0.3) is 0 Å². The predicted octanol–water partition coefficient (Wildman–Crippen LogP) is 0.515. The number of thiol groups is 1. The first-order valence-electron chi connectivity index (χ1n) is 3.44. The van der Waals surface area contributed by atoms with Gasteiger partial charge in [0.1, 0.15) is 0 Å². The fraction of sp³-hybridized carbons (Fsp3) is 1.00. The van der Waals surface area contributed by atoms with Crippen molar-refractivity contribution in [2.24, 2.45) is 0 Å². The standard InChI is InChI=1S/C6H14N2S/c1-7-6-2-4-8(9)5-3-6/h6-7,9H,2-5H2,1H3. The summed E-state index contributed by atoms with van der Waals surface area (Å²) < 4.78 is 2.08. The van der Waals surface area contributed by atoms with Crippen molar-refractivity contribution >= 4 is 12.8 Å². The lowest BCUT2D eigenvalue weighted by Gasteiger charge is -2.27. The van der Waals surface area contributed by atoms with Crippen molar-refractivity contribution in [2.75, 3.05) is 20.1 Å². The van der Waals surface area contributed by atoms with Crippen molar-refractivity contribution in [1.82, 2.24) is 9.62 Å². The van der Waals surface area contributed by atoms with E-state index in [1.54, 1.807) is 0 Å². The molecule has 1 aliphatic heterocycles. The lowest BCUT2D eigenvalue weighted by atomic mass is 10.1. The number of nitrogens with one attached hydrogen (secondary N) is 1. The van der Waals surface area contributed by atoms with Gasteiger partial charge in [-0.1, -0.05) is 12.8 Å². The van der Waals surface area contributed by atoms with Gasteiger partial charge in [0.15, 0.2) is 0 Å². The molecule has 1 aliphatic rings. The average molecular weight is 146 g/mol. The molecule has 0 radical (unpaired) electrons. The van der Waals surface area contributed by atoms with Crippen molar-refractivity contribution in [1.29, 1.82) is 0 Å². The van der Waals surface area contributed by atoms with E-state index in [9.17, 15) is 0 Å². The largest absolute Gasteiger partial charge is 0.317 e. The Labute approximate surface area is 62.2 Å². The van der Waals surface area contributed by atoms with Crippen molar-refractivity contribution in [2.45, 2.75) is 18.9 Å². The third-order valence-electron chi connectivity index (χ3n) is 1.88. The summed E-state index contributed by atoms with van der Waals surface area (Å²) in [5.74, 6) is 0. The van der Waals surface area contributed by atoms with E-state index in [1.165, 1.54) is 12.8 Å². The molecule has 9 heavy (non-hydrogen) atoms. The minimum absolute atomic E-state index is 0.730. The van der Waals surface area contributed by atoms with Gasteiger partial charge < -0.3 is 5.32 Å². The van der Waals surface area contributed by atoms with Gasteiger partial charge in [0.05, 0.1) is 0 Å². The predicted molar refractivity (Wildman–Crippen MR) is 42.6 cm³/mol. The molecule has 1 saturated heterocycles. The van der Waals surface area contributed by atoms with E-state index >= 15 is 0 Å². The Kier molecular flexibility index (Phi) is 2.82. The molecule has 0 aromatic heterocycles. The van der Waals surface area contributed by atoms with Gasteiger partial charge in [0, 0.05) is 19.1 Å². The fourth-order valence-corrected chi connectivity index (χ4v) is 1.39. The van der Waals surface area contributed by atoms with E-state index in [1.807, 2.05) is 7.05 Å². The third kappa shape index (κ3) is 2.16. The van der Waals surface area contributed by atoms with E-state index in [4.69, 9.17) is 0 Å². The monoisotopic (exact) mass is 146 g/mol. The summed E-state index contributed by atoms with van der Waals surface area (Å²) in [5, 5.41) is 3.26. The second kappa shape index (κ2) is 3.44. The zero-order chi connectivity index (χ0) is 6.69. The average Bonchev–Trinajstić information content (AvgIpc) is 1.90. The van der Waals surface area contributed by atoms with Crippen LogP contribution in [0.3, 0.4) is 0 Å². The maximum absolute atomic E-state index is 4.25. The van der Waals surface area contributed by atoms with Crippen LogP contribution >= 0.6 is 12.8 Å². The van der Waals surface area contributed by atoms with E-state index < -0.39 is 0 Å². The minimum Gasteiger partial charge on any atom is -0.317 e. The maximum Gasteiger partial charge on any atom is 0.0102 e. The second-order valence-corrected chi connectivity index (χ2v) is 3.08. The zero-order valence-electron chi connectivity index (χ0n) is 5.80. The SMILES string of the molecule is CNC1CCN(S)CC1. The molecule has 0 atom stereocenters. The van der Waals surface area contributed by atoms with Crippen LogP contribution in [-0.2, 0) is 0 Å². The molecular formula is C6H14N2S. The number of rotatable bonds is 1. The van der Waals surface area contributed by atoms with Gasteiger partial charge in [-0.2, -0.15) is 0 Å². The molecule has 0 aromatic rings. The molecule has 1 fully saturated rings. The molecule has 3 heteroatoms. The van der Waals surface area contributed by atoms with Crippen LogP contribution in [0.1, 0.15) is 12.8 Å². The van der Waals surface area contributed by atoms with Crippen LogP contribution in [0.15, 0.2) is 0 Å². The summed E-state index contributed by atoms with van der Waals surface area (Å²) >= 11 is 4.25. The van der Waals surface area contributed by atoms with Gasteiger partial charge in [0.25, 0.3) is 0 Å². The molecule has 1 N–H and O–H groups in total. The van der Waals surface area contributed by atoms with Crippen LogP contribution < -0.4 is 5.32 Å². The molecule has 54 valence electrons. The molecule has 0 unspecified atom stereocenters. The molecular weight excluding hydrogens is 132 g/mol. The van der Waals surface area contributed by atoms with Crippen LogP contribution in [-0.4, -0.2) is 30.5 Å². The zero-order valence-corrected chi connectivity index (χ0v) is 6.69. The Morgan fingerprint density at radius 3 is 2.44 bits per heavy atom. The molecule has 0 amide bonds. The van der Waals surface area contributed by atoms with Gasteiger partial charge in [-0.05, 0) is 19.9 Å². The van der Waals surface area contributed by atoms with Gasteiger partial charge >= 0.3 is 0 Å². The third-order valence-corrected chi connectivity index (χ3v) is 2.28.